The third kappa shape index (κ3) is 4.46. The van der Waals surface area contributed by atoms with Gasteiger partial charge in [-0.3, -0.25) is 10.1 Å². The van der Waals surface area contributed by atoms with Gasteiger partial charge in [-0.15, -0.1) is 0 Å². The van der Waals surface area contributed by atoms with E-state index in [-0.39, 0.29) is 10.9 Å². The van der Waals surface area contributed by atoms with Crippen molar-refractivity contribution in [1.29, 1.82) is 0 Å². The Hall–Kier alpha value is -1.64. The predicted molar refractivity (Wildman–Crippen MR) is 105 cm³/mol. The first kappa shape index (κ1) is 18.7. The van der Waals surface area contributed by atoms with Gasteiger partial charge in [0.05, 0.1) is 22.8 Å². The summed E-state index contributed by atoms with van der Waals surface area (Å²) in [6.45, 7) is 1.86. The Morgan fingerprint density at radius 2 is 1.96 bits per heavy atom. The minimum absolute atomic E-state index is 0.0504. The highest BCUT2D eigenvalue weighted by molar-refractivity contribution is 9.11. The Morgan fingerprint density at radius 3 is 2.58 bits per heavy atom. The zero-order valence-corrected chi connectivity index (χ0v) is 16.8. The first-order valence-electron chi connectivity index (χ1n) is 6.76. The molecule has 0 saturated heterocycles. The number of methoxy groups -OCH3 is 1. The molecule has 24 heavy (non-hydrogen) atoms. The normalized spacial score (nSPS) is 10.2. The number of phenols is 1. The number of amides is 1. The number of anilines is 1. The number of aromatic hydroxyl groups is 1. The number of rotatable bonds is 3. The molecule has 2 aromatic carbocycles. The molecule has 5 nitrogen and oxygen atoms in total. The summed E-state index contributed by atoms with van der Waals surface area (Å²) in [4.78, 5) is 12.4. The van der Waals surface area contributed by atoms with Crippen LogP contribution in [0.25, 0.3) is 0 Å². The van der Waals surface area contributed by atoms with Crippen LogP contribution < -0.4 is 15.4 Å². The van der Waals surface area contributed by atoms with Crippen LogP contribution in [0.15, 0.2) is 39.3 Å². The molecular weight excluding hydrogens is 460 g/mol. The standard InChI is InChI=1S/C16H14Br2N2O3S/c1-8-3-4-12(13(21)5-8)19-16(24)20-15(22)10-6-9(17)7-11(18)14(10)23-2/h3-7,21H,1-2H3,(H2,19,20,22,24). The van der Waals surface area contributed by atoms with Crippen molar-refractivity contribution < 1.29 is 14.6 Å². The van der Waals surface area contributed by atoms with Gasteiger partial charge >= 0.3 is 0 Å². The Balaban J connectivity index is 2.16. The van der Waals surface area contributed by atoms with Gasteiger partial charge in [0.2, 0.25) is 0 Å². The summed E-state index contributed by atoms with van der Waals surface area (Å²) in [5, 5.41) is 15.3. The van der Waals surface area contributed by atoms with E-state index < -0.39 is 5.91 Å². The van der Waals surface area contributed by atoms with Crippen molar-refractivity contribution in [3.8, 4) is 11.5 Å². The summed E-state index contributed by atoms with van der Waals surface area (Å²) < 4.78 is 6.61. The van der Waals surface area contributed by atoms with E-state index in [1.165, 1.54) is 7.11 Å². The molecule has 0 aromatic heterocycles. The minimum atomic E-state index is -0.432. The first-order chi connectivity index (χ1) is 11.3. The summed E-state index contributed by atoms with van der Waals surface area (Å²) in [6.07, 6.45) is 0. The Morgan fingerprint density at radius 1 is 1.25 bits per heavy atom. The highest BCUT2D eigenvalue weighted by Gasteiger charge is 2.17. The number of hydrogen-bond acceptors (Lipinski definition) is 4. The number of ether oxygens (including phenoxy) is 1. The zero-order valence-electron chi connectivity index (χ0n) is 12.8. The Bertz CT molecular complexity index is 812. The number of carbonyl (C=O) groups excluding carboxylic acids is 1. The molecular formula is C16H14Br2N2O3S. The third-order valence-electron chi connectivity index (χ3n) is 3.09. The van der Waals surface area contributed by atoms with Crippen LogP contribution in [-0.2, 0) is 0 Å². The van der Waals surface area contributed by atoms with E-state index in [1.54, 1.807) is 24.3 Å². The van der Waals surface area contributed by atoms with Gasteiger partial charge in [0.1, 0.15) is 11.5 Å². The maximum Gasteiger partial charge on any atom is 0.261 e. The Labute approximate surface area is 161 Å². The van der Waals surface area contributed by atoms with E-state index in [2.05, 4.69) is 42.5 Å². The monoisotopic (exact) mass is 472 g/mol. The molecule has 0 saturated carbocycles. The number of thiocarbonyl (C=S) groups is 1. The average molecular weight is 474 g/mol. The quantitative estimate of drug-likeness (QED) is 0.456. The van der Waals surface area contributed by atoms with Gasteiger partial charge in [0.15, 0.2) is 5.11 Å². The molecule has 126 valence electrons. The molecule has 1 amide bonds. The van der Waals surface area contributed by atoms with E-state index >= 15 is 0 Å². The lowest BCUT2D eigenvalue weighted by atomic mass is 10.2. The number of hydrogen-bond donors (Lipinski definition) is 3. The van der Waals surface area contributed by atoms with Crippen molar-refractivity contribution in [2.24, 2.45) is 0 Å². The molecule has 0 unspecified atom stereocenters. The van der Waals surface area contributed by atoms with Crippen molar-refractivity contribution in [3.05, 3.63) is 50.4 Å². The molecule has 0 radical (unpaired) electrons. The number of nitrogens with one attached hydrogen (secondary N) is 2. The number of halogens is 2. The molecule has 0 aliphatic heterocycles. The van der Waals surface area contributed by atoms with Gasteiger partial charge in [-0.05, 0) is 64.9 Å². The maximum absolute atomic E-state index is 12.4. The summed E-state index contributed by atoms with van der Waals surface area (Å²) in [5.74, 6) is 0.0176. The third-order valence-corrected chi connectivity index (χ3v) is 4.34. The molecule has 3 N–H and O–H groups in total. The molecule has 0 heterocycles. The van der Waals surface area contributed by atoms with E-state index in [9.17, 15) is 9.90 Å². The highest BCUT2D eigenvalue weighted by Crippen LogP contribution is 2.32. The second-order valence-electron chi connectivity index (χ2n) is 4.90. The van der Waals surface area contributed by atoms with Crippen LogP contribution in [0.3, 0.4) is 0 Å². The van der Waals surface area contributed by atoms with Crippen molar-refractivity contribution in [2.75, 3.05) is 12.4 Å². The van der Waals surface area contributed by atoms with E-state index in [1.807, 2.05) is 13.0 Å². The highest BCUT2D eigenvalue weighted by atomic mass is 79.9. The van der Waals surface area contributed by atoms with E-state index in [0.29, 0.717) is 21.5 Å². The van der Waals surface area contributed by atoms with Crippen LogP contribution in [0.2, 0.25) is 0 Å². The fraction of sp³-hybridized carbons (Fsp3) is 0.125. The van der Waals surface area contributed by atoms with Crippen molar-refractivity contribution in [2.45, 2.75) is 6.92 Å². The predicted octanol–water partition coefficient (Wildman–Crippen LogP) is 4.36. The van der Waals surface area contributed by atoms with Gasteiger partial charge in [-0.2, -0.15) is 0 Å². The van der Waals surface area contributed by atoms with Gasteiger partial charge in [0, 0.05) is 4.47 Å². The van der Waals surface area contributed by atoms with Gasteiger partial charge in [-0.1, -0.05) is 22.0 Å². The Kier molecular flexibility index (Phi) is 6.20. The molecule has 2 aromatic rings. The number of aryl methyl sites for hydroxylation is 1. The molecule has 2 rings (SSSR count). The van der Waals surface area contributed by atoms with Crippen LogP contribution in [0, 0.1) is 6.92 Å². The van der Waals surface area contributed by atoms with E-state index in [4.69, 9.17) is 17.0 Å². The number of benzene rings is 2. The smallest absolute Gasteiger partial charge is 0.261 e. The number of phenolic OH excluding ortho intramolecular Hbond substituents is 1. The summed E-state index contributed by atoms with van der Waals surface area (Å²) in [5.41, 5.74) is 1.64. The van der Waals surface area contributed by atoms with Gasteiger partial charge in [0.25, 0.3) is 5.91 Å². The molecule has 0 spiro atoms. The summed E-state index contributed by atoms with van der Waals surface area (Å²) in [6, 6.07) is 8.50. The SMILES string of the molecule is COc1c(Br)cc(Br)cc1C(=O)NC(=S)Nc1ccc(C)cc1O. The maximum atomic E-state index is 12.4. The second-order valence-corrected chi connectivity index (χ2v) is 7.08. The van der Waals surface area contributed by atoms with Crippen LogP contribution in [-0.4, -0.2) is 23.2 Å². The lowest BCUT2D eigenvalue weighted by molar-refractivity contribution is 0.0974. The zero-order chi connectivity index (χ0) is 17.9. The van der Waals surface area contributed by atoms with Crippen LogP contribution in [0.5, 0.6) is 11.5 Å². The summed E-state index contributed by atoms with van der Waals surface area (Å²) in [7, 11) is 1.48. The van der Waals surface area contributed by atoms with Crippen molar-refractivity contribution in [3.63, 3.8) is 0 Å². The lowest BCUT2D eigenvalue weighted by Crippen LogP contribution is -2.34. The fourth-order valence-electron chi connectivity index (χ4n) is 2.01. The average Bonchev–Trinajstić information content (AvgIpc) is 2.49. The van der Waals surface area contributed by atoms with Crippen LogP contribution >= 0.6 is 44.1 Å². The lowest BCUT2D eigenvalue weighted by Gasteiger charge is -2.14. The fourth-order valence-corrected chi connectivity index (χ4v) is 3.60. The minimum Gasteiger partial charge on any atom is -0.506 e. The summed E-state index contributed by atoms with van der Waals surface area (Å²) >= 11 is 11.8. The molecule has 0 fully saturated rings. The van der Waals surface area contributed by atoms with Gasteiger partial charge < -0.3 is 15.2 Å². The van der Waals surface area contributed by atoms with Crippen molar-refractivity contribution >= 4 is 60.8 Å². The number of carbonyl (C=O) groups is 1. The molecule has 8 heteroatoms. The topological polar surface area (TPSA) is 70.6 Å². The molecule has 0 bridgehead atoms. The van der Waals surface area contributed by atoms with E-state index in [0.717, 1.165) is 10.0 Å². The largest absolute Gasteiger partial charge is 0.506 e. The molecule has 0 aliphatic carbocycles. The van der Waals surface area contributed by atoms with Crippen LogP contribution in [0.1, 0.15) is 15.9 Å². The van der Waals surface area contributed by atoms with Gasteiger partial charge in [-0.25, -0.2) is 0 Å². The second kappa shape index (κ2) is 7.96. The first-order valence-corrected chi connectivity index (χ1v) is 8.76. The molecule has 0 aliphatic rings. The van der Waals surface area contributed by atoms with Crippen molar-refractivity contribution in [1.82, 2.24) is 5.32 Å². The molecule has 0 atom stereocenters. The van der Waals surface area contributed by atoms with Crippen LogP contribution in [0.4, 0.5) is 5.69 Å².